The highest BCUT2D eigenvalue weighted by molar-refractivity contribution is 7.22. The molecule has 0 aliphatic heterocycles. The first-order valence-corrected chi connectivity index (χ1v) is 7.70. The summed E-state index contributed by atoms with van der Waals surface area (Å²) in [7, 11) is 0. The van der Waals surface area contributed by atoms with Crippen LogP contribution in [0.2, 0.25) is 5.02 Å². The van der Waals surface area contributed by atoms with E-state index in [1.165, 1.54) is 30.4 Å². The number of thiazole rings is 1. The fraction of sp³-hybridized carbons (Fsp3) is 0.500. The molecule has 3 rings (SSSR count). The largest absolute Gasteiger partial charge is 0.361 e. The van der Waals surface area contributed by atoms with Gasteiger partial charge in [0.05, 0.1) is 10.2 Å². The number of aromatic nitrogens is 1. The lowest BCUT2D eigenvalue weighted by Crippen LogP contribution is -2.14. The lowest BCUT2D eigenvalue weighted by Gasteiger charge is -2.13. The van der Waals surface area contributed by atoms with Gasteiger partial charge in [-0.3, -0.25) is 0 Å². The molecule has 1 aliphatic carbocycles. The second-order valence-corrected chi connectivity index (χ2v) is 6.70. The molecule has 0 saturated heterocycles. The number of nitrogens with zero attached hydrogens (tertiary/aromatic N) is 1. The first kappa shape index (κ1) is 12.2. The van der Waals surface area contributed by atoms with Gasteiger partial charge in [0.15, 0.2) is 5.13 Å². The van der Waals surface area contributed by atoms with E-state index in [-0.39, 0.29) is 0 Å². The highest BCUT2D eigenvalue weighted by Gasteiger charge is 2.41. The summed E-state index contributed by atoms with van der Waals surface area (Å²) in [6.07, 6.45) is 5.34. The van der Waals surface area contributed by atoms with Crippen LogP contribution in [-0.4, -0.2) is 11.5 Å². The number of fused-ring (bicyclic) bond motifs is 1. The Morgan fingerprint density at radius 3 is 3.00 bits per heavy atom. The normalized spacial score (nSPS) is 17.0. The number of anilines is 1. The first-order valence-electron chi connectivity index (χ1n) is 6.51. The quantitative estimate of drug-likeness (QED) is 0.839. The van der Waals surface area contributed by atoms with E-state index in [9.17, 15) is 0 Å². The van der Waals surface area contributed by atoms with Crippen molar-refractivity contribution in [2.75, 3.05) is 11.9 Å². The maximum atomic E-state index is 5.97. The number of hydrogen-bond donors (Lipinski definition) is 1. The van der Waals surface area contributed by atoms with Gasteiger partial charge in [-0.15, -0.1) is 0 Å². The van der Waals surface area contributed by atoms with Crippen molar-refractivity contribution in [2.24, 2.45) is 5.41 Å². The predicted molar refractivity (Wildman–Crippen MR) is 79.7 cm³/mol. The zero-order valence-corrected chi connectivity index (χ0v) is 12.1. The van der Waals surface area contributed by atoms with Crippen molar-refractivity contribution in [1.29, 1.82) is 0 Å². The molecule has 1 heterocycles. The van der Waals surface area contributed by atoms with E-state index in [4.69, 9.17) is 11.6 Å². The maximum absolute atomic E-state index is 5.97. The van der Waals surface area contributed by atoms with Crippen LogP contribution in [0, 0.1) is 5.41 Å². The van der Waals surface area contributed by atoms with Crippen molar-refractivity contribution < 1.29 is 0 Å². The van der Waals surface area contributed by atoms with Crippen LogP contribution in [0.1, 0.15) is 32.6 Å². The molecule has 0 spiro atoms. The molecule has 4 heteroatoms. The molecular weight excluding hydrogens is 264 g/mol. The third-order valence-electron chi connectivity index (χ3n) is 3.70. The summed E-state index contributed by atoms with van der Waals surface area (Å²) in [5.41, 5.74) is 1.56. The molecular formula is C14H17ClN2S. The maximum Gasteiger partial charge on any atom is 0.183 e. The average Bonchev–Trinajstić information content (AvgIpc) is 2.99. The van der Waals surface area contributed by atoms with Crippen LogP contribution in [0.3, 0.4) is 0 Å². The topological polar surface area (TPSA) is 24.9 Å². The third kappa shape index (κ3) is 2.47. The fourth-order valence-electron chi connectivity index (χ4n) is 2.46. The molecule has 2 aromatic rings. The highest BCUT2D eigenvalue weighted by Crippen LogP contribution is 2.49. The molecule has 96 valence electrons. The molecule has 1 aromatic carbocycles. The van der Waals surface area contributed by atoms with Crippen LogP contribution in [0.25, 0.3) is 10.2 Å². The summed E-state index contributed by atoms with van der Waals surface area (Å²) in [4.78, 5) is 4.59. The van der Waals surface area contributed by atoms with Crippen molar-refractivity contribution in [3.05, 3.63) is 23.2 Å². The van der Waals surface area contributed by atoms with Gasteiger partial charge in [-0.05, 0) is 42.9 Å². The third-order valence-corrected chi connectivity index (χ3v) is 4.93. The van der Waals surface area contributed by atoms with Gasteiger partial charge in [-0.2, -0.15) is 0 Å². The monoisotopic (exact) mass is 280 g/mol. The van der Waals surface area contributed by atoms with E-state index in [1.54, 1.807) is 11.3 Å². The summed E-state index contributed by atoms with van der Waals surface area (Å²) in [5.74, 6) is 0. The number of nitrogens with one attached hydrogen (secondary N) is 1. The lowest BCUT2D eigenvalue weighted by molar-refractivity contribution is 0.485. The van der Waals surface area contributed by atoms with Gasteiger partial charge in [0, 0.05) is 11.6 Å². The molecule has 1 N–H and O–H groups in total. The minimum absolute atomic E-state index is 0.560. The van der Waals surface area contributed by atoms with Crippen LogP contribution >= 0.6 is 22.9 Å². The highest BCUT2D eigenvalue weighted by atomic mass is 35.5. The summed E-state index contributed by atoms with van der Waals surface area (Å²) in [5, 5.41) is 5.28. The molecule has 1 saturated carbocycles. The van der Waals surface area contributed by atoms with Gasteiger partial charge in [0.1, 0.15) is 0 Å². The van der Waals surface area contributed by atoms with Crippen LogP contribution in [0.5, 0.6) is 0 Å². The minimum atomic E-state index is 0.560. The molecule has 2 nitrogen and oxygen atoms in total. The Balaban J connectivity index is 1.71. The fourth-order valence-corrected chi connectivity index (χ4v) is 3.47. The Hall–Kier alpha value is -0.800. The van der Waals surface area contributed by atoms with Gasteiger partial charge in [-0.25, -0.2) is 4.98 Å². The van der Waals surface area contributed by atoms with E-state index in [1.807, 2.05) is 18.2 Å². The SMILES string of the molecule is CCCC1(CNc2nc3cc(Cl)ccc3s2)CC1. The average molecular weight is 281 g/mol. The predicted octanol–water partition coefficient (Wildman–Crippen LogP) is 4.94. The Labute approximate surface area is 116 Å². The van der Waals surface area contributed by atoms with E-state index >= 15 is 0 Å². The van der Waals surface area contributed by atoms with Crippen molar-refractivity contribution in [2.45, 2.75) is 32.6 Å². The lowest BCUT2D eigenvalue weighted by atomic mass is 10.0. The second kappa shape index (κ2) is 4.71. The van der Waals surface area contributed by atoms with Crippen molar-refractivity contribution in [3.63, 3.8) is 0 Å². The molecule has 18 heavy (non-hydrogen) atoms. The number of rotatable bonds is 5. The van der Waals surface area contributed by atoms with E-state index in [2.05, 4.69) is 17.2 Å². The smallest absolute Gasteiger partial charge is 0.183 e. The molecule has 0 atom stereocenters. The summed E-state index contributed by atoms with van der Waals surface area (Å²) in [6.45, 7) is 3.33. The zero-order valence-electron chi connectivity index (χ0n) is 10.5. The summed E-state index contributed by atoms with van der Waals surface area (Å²) in [6, 6.07) is 5.89. The standard InChI is InChI=1S/C14H17ClN2S/c1-2-5-14(6-7-14)9-16-13-17-11-8-10(15)3-4-12(11)18-13/h3-4,8H,2,5-7,9H2,1H3,(H,16,17). The van der Waals surface area contributed by atoms with Gasteiger partial charge in [-0.1, -0.05) is 36.3 Å². The van der Waals surface area contributed by atoms with Crippen molar-refractivity contribution in [1.82, 2.24) is 4.98 Å². The van der Waals surface area contributed by atoms with E-state index in [0.29, 0.717) is 5.41 Å². The number of hydrogen-bond acceptors (Lipinski definition) is 3. The van der Waals surface area contributed by atoms with E-state index < -0.39 is 0 Å². The second-order valence-electron chi connectivity index (χ2n) is 5.23. The molecule has 0 amide bonds. The van der Waals surface area contributed by atoms with Gasteiger partial charge in [0.25, 0.3) is 0 Å². The summed E-state index contributed by atoms with van der Waals surface area (Å²) < 4.78 is 1.20. The first-order chi connectivity index (χ1) is 8.71. The summed E-state index contributed by atoms with van der Waals surface area (Å²) >= 11 is 7.68. The number of benzene rings is 1. The Bertz CT molecular complexity index is 560. The molecule has 0 radical (unpaired) electrons. The van der Waals surface area contributed by atoms with Crippen LogP contribution in [-0.2, 0) is 0 Å². The van der Waals surface area contributed by atoms with E-state index in [0.717, 1.165) is 22.2 Å². The van der Waals surface area contributed by atoms with Crippen molar-refractivity contribution >= 4 is 38.3 Å². The Morgan fingerprint density at radius 2 is 2.28 bits per heavy atom. The number of halogens is 1. The minimum Gasteiger partial charge on any atom is -0.361 e. The van der Waals surface area contributed by atoms with Gasteiger partial charge < -0.3 is 5.32 Å². The Morgan fingerprint density at radius 1 is 1.44 bits per heavy atom. The van der Waals surface area contributed by atoms with Crippen LogP contribution in [0.4, 0.5) is 5.13 Å². The van der Waals surface area contributed by atoms with Crippen LogP contribution < -0.4 is 5.32 Å². The Kier molecular flexibility index (Phi) is 3.20. The van der Waals surface area contributed by atoms with Crippen molar-refractivity contribution in [3.8, 4) is 0 Å². The zero-order chi connectivity index (χ0) is 12.6. The molecule has 0 unspecified atom stereocenters. The molecule has 1 aromatic heterocycles. The van der Waals surface area contributed by atoms with Gasteiger partial charge >= 0.3 is 0 Å². The molecule has 0 bridgehead atoms. The van der Waals surface area contributed by atoms with Crippen LogP contribution in [0.15, 0.2) is 18.2 Å². The molecule has 1 aliphatic rings. The molecule has 1 fully saturated rings. The van der Waals surface area contributed by atoms with Gasteiger partial charge in [0.2, 0.25) is 0 Å².